The Hall–Kier alpha value is -1.92. The van der Waals surface area contributed by atoms with Crippen molar-refractivity contribution in [3.05, 3.63) is 42.1 Å². The summed E-state index contributed by atoms with van der Waals surface area (Å²) >= 11 is 0. The first kappa shape index (κ1) is 16.5. The monoisotopic (exact) mass is 342 g/mol. The predicted molar refractivity (Wildman–Crippen MR) is 95.5 cm³/mol. The molecule has 6 nitrogen and oxygen atoms in total. The maximum atomic E-state index is 6.34. The van der Waals surface area contributed by atoms with Gasteiger partial charge in [0.15, 0.2) is 0 Å². The number of piperidine rings is 1. The molecule has 0 saturated carbocycles. The lowest BCUT2D eigenvalue weighted by Crippen LogP contribution is -2.48. The molecule has 2 aliphatic rings. The molecule has 2 fully saturated rings. The first-order valence-electron chi connectivity index (χ1n) is 9.05. The third-order valence-electron chi connectivity index (χ3n) is 5.40. The predicted octanol–water partition coefficient (Wildman–Crippen LogP) is 2.64. The lowest BCUT2D eigenvalue weighted by atomic mass is 9.88. The Morgan fingerprint density at radius 3 is 2.92 bits per heavy atom. The summed E-state index contributed by atoms with van der Waals surface area (Å²) in [6.07, 6.45) is 6.89. The maximum Gasteiger partial charge on any atom is 0.225 e. The molecule has 1 spiro atoms. The number of likely N-dealkylation sites (N-methyl/N-ethyl adjacent to an activating group) is 1. The quantitative estimate of drug-likeness (QED) is 0.851. The van der Waals surface area contributed by atoms with Gasteiger partial charge in [-0.3, -0.25) is 4.90 Å². The van der Waals surface area contributed by atoms with E-state index in [1.807, 2.05) is 19.1 Å². The molecule has 25 heavy (non-hydrogen) atoms. The van der Waals surface area contributed by atoms with E-state index in [-0.39, 0.29) is 5.60 Å². The third-order valence-corrected chi connectivity index (χ3v) is 5.40. The van der Waals surface area contributed by atoms with E-state index >= 15 is 0 Å². The van der Waals surface area contributed by atoms with Crippen molar-refractivity contribution in [1.82, 2.24) is 14.9 Å². The van der Waals surface area contributed by atoms with Crippen LogP contribution in [0.25, 0.3) is 0 Å². The van der Waals surface area contributed by atoms with Gasteiger partial charge in [0.2, 0.25) is 5.95 Å². The second kappa shape index (κ2) is 6.77. The minimum atomic E-state index is -0.0480. The van der Waals surface area contributed by atoms with Crippen molar-refractivity contribution in [1.29, 1.82) is 0 Å². The molecule has 4 rings (SSSR count). The van der Waals surface area contributed by atoms with Crippen LogP contribution in [0.1, 0.15) is 30.8 Å². The van der Waals surface area contributed by atoms with E-state index in [2.05, 4.69) is 32.9 Å². The molecule has 0 N–H and O–H groups in total. The van der Waals surface area contributed by atoms with Gasteiger partial charge >= 0.3 is 0 Å². The molecule has 2 aromatic heterocycles. The normalized spacial score (nSPS) is 27.0. The van der Waals surface area contributed by atoms with Gasteiger partial charge in [0, 0.05) is 32.4 Å². The van der Waals surface area contributed by atoms with E-state index in [1.54, 1.807) is 12.4 Å². The van der Waals surface area contributed by atoms with E-state index in [0.29, 0.717) is 6.04 Å². The van der Waals surface area contributed by atoms with Crippen molar-refractivity contribution in [2.75, 3.05) is 31.6 Å². The van der Waals surface area contributed by atoms with Crippen LogP contribution < -0.4 is 4.90 Å². The molecular weight excluding hydrogens is 316 g/mol. The summed E-state index contributed by atoms with van der Waals surface area (Å²) in [5.41, 5.74) is -0.0480. The number of anilines is 1. The number of aryl methyl sites for hydroxylation is 1. The fourth-order valence-corrected chi connectivity index (χ4v) is 4.11. The van der Waals surface area contributed by atoms with E-state index in [9.17, 15) is 0 Å². The number of nitrogens with zero attached hydrogens (tertiary/aromatic N) is 4. The highest BCUT2D eigenvalue weighted by atomic mass is 16.5. The molecule has 4 heterocycles. The van der Waals surface area contributed by atoms with Gasteiger partial charge in [-0.05, 0) is 44.5 Å². The van der Waals surface area contributed by atoms with Crippen LogP contribution in [-0.4, -0.2) is 53.3 Å². The van der Waals surface area contributed by atoms with Gasteiger partial charge in [0.25, 0.3) is 0 Å². The fourth-order valence-electron chi connectivity index (χ4n) is 4.11. The summed E-state index contributed by atoms with van der Waals surface area (Å²) in [5, 5.41) is 0. The zero-order valence-electron chi connectivity index (χ0n) is 15.0. The van der Waals surface area contributed by atoms with Crippen LogP contribution in [0.5, 0.6) is 0 Å². The van der Waals surface area contributed by atoms with Crippen LogP contribution in [0.15, 0.2) is 35.0 Å². The highest BCUT2D eigenvalue weighted by molar-refractivity contribution is 5.30. The van der Waals surface area contributed by atoms with Crippen LogP contribution in [0.3, 0.4) is 0 Å². The summed E-state index contributed by atoms with van der Waals surface area (Å²) < 4.78 is 12.1. The molecule has 134 valence electrons. The Bertz CT molecular complexity index is 704. The van der Waals surface area contributed by atoms with E-state index in [0.717, 1.165) is 63.0 Å². The lowest BCUT2D eigenvalue weighted by molar-refractivity contribution is -0.0545. The average Bonchev–Trinajstić information content (AvgIpc) is 3.22. The van der Waals surface area contributed by atoms with Gasteiger partial charge < -0.3 is 14.1 Å². The van der Waals surface area contributed by atoms with Gasteiger partial charge in [0.05, 0.1) is 24.8 Å². The van der Waals surface area contributed by atoms with Gasteiger partial charge in [-0.2, -0.15) is 0 Å². The molecule has 2 atom stereocenters. The Balaban J connectivity index is 1.40. The summed E-state index contributed by atoms with van der Waals surface area (Å²) in [7, 11) is 2.06. The number of aromatic nitrogens is 2. The van der Waals surface area contributed by atoms with Crippen molar-refractivity contribution in [3.63, 3.8) is 0 Å². The molecule has 0 radical (unpaired) electrons. The van der Waals surface area contributed by atoms with Crippen LogP contribution in [-0.2, 0) is 11.3 Å². The van der Waals surface area contributed by atoms with Crippen LogP contribution >= 0.6 is 0 Å². The van der Waals surface area contributed by atoms with E-state index < -0.39 is 0 Å². The first-order chi connectivity index (χ1) is 12.1. The zero-order chi connectivity index (χ0) is 17.3. The van der Waals surface area contributed by atoms with Crippen LogP contribution in [0.2, 0.25) is 0 Å². The number of furan rings is 1. The van der Waals surface area contributed by atoms with E-state index in [4.69, 9.17) is 9.15 Å². The summed E-state index contributed by atoms with van der Waals surface area (Å²) in [4.78, 5) is 13.4. The largest absolute Gasteiger partial charge is 0.465 e. The number of likely N-dealkylation sites (tertiary alicyclic amines) is 1. The van der Waals surface area contributed by atoms with Gasteiger partial charge in [-0.1, -0.05) is 0 Å². The second-order valence-corrected chi connectivity index (χ2v) is 7.34. The zero-order valence-corrected chi connectivity index (χ0v) is 15.0. The first-order valence-corrected chi connectivity index (χ1v) is 9.05. The molecule has 0 unspecified atom stereocenters. The summed E-state index contributed by atoms with van der Waals surface area (Å²) in [5.74, 6) is 2.79. The van der Waals surface area contributed by atoms with Crippen LogP contribution in [0.4, 0.5) is 5.95 Å². The minimum Gasteiger partial charge on any atom is -0.465 e. The number of ether oxygens (including phenoxy) is 1. The lowest BCUT2D eigenvalue weighted by Gasteiger charge is -2.39. The molecule has 0 amide bonds. The van der Waals surface area contributed by atoms with Gasteiger partial charge in [0.1, 0.15) is 11.5 Å². The number of rotatable bonds is 4. The van der Waals surface area contributed by atoms with Crippen molar-refractivity contribution >= 4 is 5.95 Å². The second-order valence-electron chi connectivity index (χ2n) is 7.34. The number of hydrogen-bond acceptors (Lipinski definition) is 6. The molecule has 0 aliphatic carbocycles. The van der Waals surface area contributed by atoms with Crippen molar-refractivity contribution in [2.24, 2.45) is 0 Å². The van der Waals surface area contributed by atoms with Crippen molar-refractivity contribution in [2.45, 2.75) is 44.4 Å². The van der Waals surface area contributed by atoms with Crippen LogP contribution in [0, 0.1) is 6.92 Å². The topological polar surface area (TPSA) is 54.6 Å². The number of hydrogen-bond donors (Lipinski definition) is 0. The molecule has 0 aromatic carbocycles. The standard InChI is InChI=1S/C19H26N4O2/c1-15-5-6-17(25-15)12-23-10-3-7-19(14-23)11-16(13-24-19)22(2)18-20-8-4-9-21-18/h4-6,8-9,16H,3,7,10-14H2,1-2H3/t16-,19-/m0/s1. The summed E-state index contributed by atoms with van der Waals surface area (Å²) in [6, 6.07) is 6.29. The Kier molecular flexibility index (Phi) is 4.48. The maximum absolute atomic E-state index is 6.34. The minimum absolute atomic E-state index is 0.0480. The molecular formula is C19H26N4O2. The summed E-state index contributed by atoms with van der Waals surface area (Å²) in [6.45, 7) is 5.66. The molecule has 0 bridgehead atoms. The van der Waals surface area contributed by atoms with E-state index in [1.165, 1.54) is 0 Å². The highest BCUT2D eigenvalue weighted by Gasteiger charge is 2.45. The molecule has 2 aromatic rings. The SMILES string of the molecule is Cc1ccc(CN2CCC[C@]3(C[C@H](N(C)c4ncccn4)CO3)C2)o1. The smallest absolute Gasteiger partial charge is 0.225 e. The third kappa shape index (κ3) is 3.55. The van der Waals surface area contributed by atoms with Crippen molar-refractivity contribution in [3.8, 4) is 0 Å². The van der Waals surface area contributed by atoms with Crippen molar-refractivity contribution < 1.29 is 9.15 Å². The van der Waals surface area contributed by atoms with Gasteiger partial charge in [-0.15, -0.1) is 0 Å². The molecule has 2 aliphatic heterocycles. The average molecular weight is 342 g/mol. The van der Waals surface area contributed by atoms with Gasteiger partial charge in [-0.25, -0.2) is 9.97 Å². The molecule has 6 heteroatoms. The fraction of sp³-hybridized carbons (Fsp3) is 0.579. The Morgan fingerprint density at radius 1 is 1.32 bits per heavy atom. The highest BCUT2D eigenvalue weighted by Crippen LogP contribution is 2.37. The molecule has 2 saturated heterocycles. The Labute approximate surface area is 148 Å². The Morgan fingerprint density at radius 2 is 2.16 bits per heavy atom.